The molecule has 0 bridgehead atoms. The van der Waals surface area contributed by atoms with Gasteiger partial charge in [0.15, 0.2) is 0 Å². The van der Waals surface area contributed by atoms with Gasteiger partial charge >= 0.3 is 6.03 Å². The van der Waals surface area contributed by atoms with Gasteiger partial charge in [0.1, 0.15) is 0 Å². The third-order valence-corrected chi connectivity index (χ3v) is 2.81. The van der Waals surface area contributed by atoms with Gasteiger partial charge in [-0.3, -0.25) is 0 Å². The van der Waals surface area contributed by atoms with Crippen LogP contribution in [0.25, 0.3) is 0 Å². The second-order valence-electron chi connectivity index (χ2n) is 3.95. The highest BCUT2D eigenvalue weighted by molar-refractivity contribution is 5.85. The van der Waals surface area contributed by atoms with E-state index < -0.39 is 0 Å². The van der Waals surface area contributed by atoms with Crippen molar-refractivity contribution in [2.45, 2.75) is 37.8 Å². The molecule has 1 aliphatic carbocycles. The van der Waals surface area contributed by atoms with Gasteiger partial charge in [0.2, 0.25) is 0 Å². The lowest BCUT2D eigenvalue weighted by Gasteiger charge is -2.28. The fourth-order valence-electron chi connectivity index (χ4n) is 1.87. The molecule has 0 aromatic heterocycles. The summed E-state index contributed by atoms with van der Waals surface area (Å²) in [7, 11) is 0. The Balaban J connectivity index is 0.000000980. The summed E-state index contributed by atoms with van der Waals surface area (Å²) in [5, 5.41) is 9.05. The molecule has 0 aromatic rings. The number of hydrogen-bond donors (Lipinski definition) is 3. The van der Waals surface area contributed by atoms with Gasteiger partial charge in [-0.2, -0.15) is 0 Å². The zero-order valence-electron chi connectivity index (χ0n) is 8.21. The van der Waals surface area contributed by atoms with E-state index in [9.17, 15) is 4.79 Å². The van der Waals surface area contributed by atoms with Gasteiger partial charge in [-0.15, -0.1) is 12.4 Å². The van der Waals surface area contributed by atoms with Crippen molar-refractivity contribution in [1.29, 1.82) is 0 Å². The summed E-state index contributed by atoms with van der Waals surface area (Å²) < 4.78 is 0. The van der Waals surface area contributed by atoms with E-state index in [2.05, 4.69) is 16.0 Å². The minimum Gasteiger partial charge on any atom is -0.335 e. The Hall–Kier alpha value is -0.480. The van der Waals surface area contributed by atoms with E-state index in [1.807, 2.05) is 0 Å². The Morgan fingerprint density at radius 3 is 2.14 bits per heavy atom. The highest BCUT2D eigenvalue weighted by atomic mass is 35.5. The van der Waals surface area contributed by atoms with E-state index in [1.54, 1.807) is 0 Å². The maximum Gasteiger partial charge on any atom is 0.315 e. The summed E-state index contributed by atoms with van der Waals surface area (Å²) in [4.78, 5) is 11.4. The van der Waals surface area contributed by atoms with Crippen molar-refractivity contribution in [3.63, 3.8) is 0 Å². The van der Waals surface area contributed by atoms with Crippen LogP contribution in [0.4, 0.5) is 4.79 Å². The van der Waals surface area contributed by atoms with Crippen LogP contribution in [0.3, 0.4) is 0 Å². The topological polar surface area (TPSA) is 53.2 Å². The van der Waals surface area contributed by atoms with Crippen molar-refractivity contribution < 1.29 is 4.79 Å². The number of rotatable bonds is 2. The highest BCUT2D eigenvalue weighted by Crippen LogP contribution is 2.17. The quantitative estimate of drug-likeness (QED) is 0.638. The molecule has 0 unspecified atom stereocenters. The van der Waals surface area contributed by atoms with Gasteiger partial charge in [0.25, 0.3) is 0 Å². The Labute approximate surface area is 90.6 Å². The fraction of sp³-hybridized carbons (Fsp3) is 0.889. The molecule has 1 aliphatic heterocycles. The maximum atomic E-state index is 11.4. The molecule has 0 atom stereocenters. The molecule has 3 N–H and O–H groups in total. The van der Waals surface area contributed by atoms with E-state index in [0.29, 0.717) is 12.1 Å². The molecule has 1 heterocycles. The van der Waals surface area contributed by atoms with Gasteiger partial charge in [-0.25, -0.2) is 4.79 Å². The Kier molecular flexibility index (Phi) is 4.48. The standard InChI is InChI=1S/C9H17N3O.ClH/c13-9(12-8-5-10-6-8)11-7-3-1-2-4-7;/h7-8,10H,1-6H2,(H2,11,12,13);1H. The second-order valence-corrected chi connectivity index (χ2v) is 3.95. The van der Waals surface area contributed by atoms with Crippen LogP contribution in [0.5, 0.6) is 0 Å². The molecule has 14 heavy (non-hydrogen) atoms. The smallest absolute Gasteiger partial charge is 0.315 e. The van der Waals surface area contributed by atoms with E-state index in [1.165, 1.54) is 12.8 Å². The third-order valence-electron chi connectivity index (χ3n) is 2.81. The van der Waals surface area contributed by atoms with Crippen LogP contribution in [0.2, 0.25) is 0 Å². The first-order valence-electron chi connectivity index (χ1n) is 5.12. The number of nitrogens with one attached hydrogen (secondary N) is 3. The lowest BCUT2D eigenvalue weighted by molar-refractivity contribution is 0.227. The second kappa shape index (κ2) is 5.41. The zero-order chi connectivity index (χ0) is 9.10. The van der Waals surface area contributed by atoms with Crippen molar-refractivity contribution in [2.75, 3.05) is 13.1 Å². The lowest BCUT2D eigenvalue weighted by Crippen LogP contribution is -2.59. The first-order chi connectivity index (χ1) is 6.34. The van der Waals surface area contributed by atoms with Gasteiger partial charge in [0, 0.05) is 19.1 Å². The van der Waals surface area contributed by atoms with E-state index in [-0.39, 0.29) is 18.4 Å². The van der Waals surface area contributed by atoms with E-state index >= 15 is 0 Å². The molecule has 1 saturated heterocycles. The van der Waals surface area contributed by atoms with Gasteiger partial charge in [-0.05, 0) is 12.8 Å². The van der Waals surface area contributed by atoms with Crippen LogP contribution < -0.4 is 16.0 Å². The maximum absolute atomic E-state index is 11.4. The summed E-state index contributed by atoms with van der Waals surface area (Å²) in [5.74, 6) is 0. The average Bonchev–Trinajstić information content (AvgIpc) is 2.49. The minimum atomic E-state index is 0. The zero-order valence-corrected chi connectivity index (χ0v) is 9.03. The van der Waals surface area contributed by atoms with E-state index in [0.717, 1.165) is 25.9 Å². The summed E-state index contributed by atoms with van der Waals surface area (Å²) in [6.45, 7) is 1.83. The number of carbonyl (C=O) groups is 1. The van der Waals surface area contributed by atoms with Crippen LogP contribution in [0, 0.1) is 0 Å². The molecule has 0 aromatic carbocycles. The summed E-state index contributed by atoms with van der Waals surface area (Å²) >= 11 is 0. The number of carbonyl (C=O) groups excluding carboxylic acids is 1. The molecule has 0 spiro atoms. The monoisotopic (exact) mass is 219 g/mol. The molecule has 2 amide bonds. The third kappa shape index (κ3) is 3.03. The predicted molar refractivity (Wildman–Crippen MR) is 57.8 cm³/mol. The minimum absolute atomic E-state index is 0. The predicted octanol–water partition coefficient (Wildman–Crippen LogP) is 0.622. The van der Waals surface area contributed by atoms with Crippen LogP contribution in [0.1, 0.15) is 25.7 Å². The first-order valence-corrected chi connectivity index (χ1v) is 5.12. The fourth-order valence-corrected chi connectivity index (χ4v) is 1.87. The SMILES string of the molecule is Cl.O=C(NC1CCCC1)NC1CNC1. The van der Waals surface area contributed by atoms with Crippen LogP contribution in [-0.4, -0.2) is 31.2 Å². The van der Waals surface area contributed by atoms with Crippen molar-refractivity contribution >= 4 is 18.4 Å². The van der Waals surface area contributed by atoms with Gasteiger partial charge < -0.3 is 16.0 Å². The molecular formula is C9H18ClN3O. The molecule has 5 heteroatoms. The van der Waals surface area contributed by atoms with Crippen molar-refractivity contribution in [2.24, 2.45) is 0 Å². The first kappa shape index (κ1) is 11.6. The Morgan fingerprint density at radius 1 is 1.07 bits per heavy atom. The Morgan fingerprint density at radius 2 is 1.64 bits per heavy atom. The van der Waals surface area contributed by atoms with Gasteiger partial charge in [-0.1, -0.05) is 12.8 Å². The average molecular weight is 220 g/mol. The van der Waals surface area contributed by atoms with Gasteiger partial charge in [0.05, 0.1) is 6.04 Å². The summed E-state index contributed by atoms with van der Waals surface area (Å²) in [6, 6.07) is 0.785. The highest BCUT2D eigenvalue weighted by Gasteiger charge is 2.21. The van der Waals surface area contributed by atoms with Crippen molar-refractivity contribution in [3.05, 3.63) is 0 Å². The normalized spacial score (nSPS) is 22.3. The molecule has 1 saturated carbocycles. The number of amides is 2. The molecule has 2 rings (SSSR count). The Bertz CT molecular complexity index is 190. The lowest BCUT2D eigenvalue weighted by atomic mass is 10.2. The number of urea groups is 1. The molecular weight excluding hydrogens is 202 g/mol. The van der Waals surface area contributed by atoms with Crippen molar-refractivity contribution in [1.82, 2.24) is 16.0 Å². The van der Waals surface area contributed by atoms with Crippen LogP contribution >= 0.6 is 12.4 Å². The largest absolute Gasteiger partial charge is 0.335 e. The van der Waals surface area contributed by atoms with Crippen LogP contribution in [-0.2, 0) is 0 Å². The molecule has 2 aliphatic rings. The molecule has 4 nitrogen and oxygen atoms in total. The molecule has 0 radical (unpaired) electrons. The van der Waals surface area contributed by atoms with E-state index in [4.69, 9.17) is 0 Å². The number of hydrogen-bond acceptors (Lipinski definition) is 2. The van der Waals surface area contributed by atoms with Crippen LogP contribution in [0.15, 0.2) is 0 Å². The summed E-state index contributed by atoms with van der Waals surface area (Å²) in [5.41, 5.74) is 0. The van der Waals surface area contributed by atoms with Crippen molar-refractivity contribution in [3.8, 4) is 0 Å². The molecule has 82 valence electrons. The number of halogens is 1. The molecule has 2 fully saturated rings. The summed E-state index contributed by atoms with van der Waals surface area (Å²) in [6.07, 6.45) is 4.82.